The summed E-state index contributed by atoms with van der Waals surface area (Å²) < 4.78 is 0. The SMILES string of the molecule is Cn1nnc(CC2(N)CCC2)n1. The second kappa shape index (κ2) is 2.52. The molecule has 5 nitrogen and oxygen atoms in total. The van der Waals surface area contributed by atoms with E-state index in [1.165, 1.54) is 11.2 Å². The predicted octanol–water partition coefficient (Wildman–Crippen LogP) is -0.366. The highest BCUT2D eigenvalue weighted by Crippen LogP contribution is 2.31. The Bertz CT molecular complexity index is 275. The number of rotatable bonds is 2. The van der Waals surface area contributed by atoms with Gasteiger partial charge in [0.15, 0.2) is 5.82 Å². The topological polar surface area (TPSA) is 69.6 Å². The Morgan fingerprint density at radius 1 is 1.58 bits per heavy atom. The second-order valence-electron chi connectivity index (χ2n) is 3.59. The lowest BCUT2D eigenvalue weighted by Gasteiger charge is -2.36. The van der Waals surface area contributed by atoms with Gasteiger partial charge in [-0.3, -0.25) is 0 Å². The Morgan fingerprint density at radius 2 is 2.33 bits per heavy atom. The van der Waals surface area contributed by atoms with E-state index in [9.17, 15) is 0 Å². The first-order valence-corrected chi connectivity index (χ1v) is 4.20. The third kappa shape index (κ3) is 1.32. The molecule has 1 aliphatic rings. The summed E-state index contributed by atoms with van der Waals surface area (Å²) in [6, 6.07) is 0. The molecule has 0 bridgehead atoms. The quantitative estimate of drug-likeness (QED) is 0.652. The van der Waals surface area contributed by atoms with E-state index >= 15 is 0 Å². The minimum absolute atomic E-state index is 0.0387. The molecule has 0 atom stereocenters. The fraction of sp³-hybridized carbons (Fsp3) is 0.857. The lowest BCUT2D eigenvalue weighted by Crippen LogP contribution is -2.48. The van der Waals surface area contributed by atoms with Crippen LogP contribution in [-0.4, -0.2) is 25.7 Å². The molecule has 0 spiro atoms. The van der Waals surface area contributed by atoms with E-state index in [1.807, 2.05) is 0 Å². The minimum atomic E-state index is -0.0387. The van der Waals surface area contributed by atoms with Crippen molar-refractivity contribution in [1.82, 2.24) is 20.2 Å². The van der Waals surface area contributed by atoms with E-state index < -0.39 is 0 Å². The van der Waals surface area contributed by atoms with Crippen LogP contribution < -0.4 is 5.73 Å². The third-order valence-corrected chi connectivity index (χ3v) is 2.41. The van der Waals surface area contributed by atoms with Crippen molar-refractivity contribution in [3.63, 3.8) is 0 Å². The van der Waals surface area contributed by atoms with Gasteiger partial charge < -0.3 is 5.73 Å². The van der Waals surface area contributed by atoms with Crippen LogP contribution in [0.5, 0.6) is 0 Å². The van der Waals surface area contributed by atoms with Crippen LogP contribution >= 0.6 is 0 Å². The summed E-state index contributed by atoms with van der Waals surface area (Å²) in [5, 5.41) is 11.8. The summed E-state index contributed by atoms with van der Waals surface area (Å²) in [4.78, 5) is 1.47. The van der Waals surface area contributed by atoms with Gasteiger partial charge >= 0.3 is 0 Å². The molecule has 1 aromatic rings. The summed E-state index contributed by atoms with van der Waals surface area (Å²) in [5.74, 6) is 0.764. The molecule has 66 valence electrons. The molecule has 0 aliphatic heterocycles. The summed E-state index contributed by atoms with van der Waals surface area (Å²) >= 11 is 0. The summed E-state index contributed by atoms with van der Waals surface area (Å²) in [6.07, 6.45) is 4.17. The second-order valence-corrected chi connectivity index (χ2v) is 3.59. The maximum Gasteiger partial charge on any atom is 0.176 e. The smallest absolute Gasteiger partial charge is 0.176 e. The van der Waals surface area contributed by atoms with Crippen LogP contribution in [0.4, 0.5) is 0 Å². The number of nitrogens with two attached hydrogens (primary N) is 1. The van der Waals surface area contributed by atoms with Crippen molar-refractivity contribution in [2.45, 2.75) is 31.2 Å². The van der Waals surface area contributed by atoms with Crippen LogP contribution in [-0.2, 0) is 13.5 Å². The van der Waals surface area contributed by atoms with Crippen LogP contribution in [0.15, 0.2) is 0 Å². The molecule has 0 radical (unpaired) electrons. The molecular weight excluding hydrogens is 154 g/mol. The van der Waals surface area contributed by atoms with E-state index in [4.69, 9.17) is 5.73 Å². The van der Waals surface area contributed by atoms with Gasteiger partial charge in [-0.05, 0) is 24.5 Å². The zero-order valence-electron chi connectivity index (χ0n) is 7.19. The monoisotopic (exact) mass is 167 g/mol. The normalized spacial score (nSPS) is 20.5. The van der Waals surface area contributed by atoms with Gasteiger partial charge in [-0.2, -0.15) is 4.80 Å². The summed E-state index contributed by atoms with van der Waals surface area (Å²) in [7, 11) is 1.76. The van der Waals surface area contributed by atoms with Gasteiger partial charge in [0.2, 0.25) is 0 Å². The number of aromatic nitrogens is 4. The summed E-state index contributed by atoms with van der Waals surface area (Å²) in [6.45, 7) is 0. The fourth-order valence-corrected chi connectivity index (χ4v) is 1.52. The van der Waals surface area contributed by atoms with Crippen LogP contribution in [0.2, 0.25) is 0 Å². The van der Waals surface area contributed by atoms with E-state index in [0.29, 0.717) is 0 Å². The average molecular weight is 167 g/mol. The number of hydrogen-bond acceptors (Lipinski definition) is 4. The van der Waals surface area contributed by atoms with E-state index in [2.05, 4.69) is 15.4 Å². The van der Waals surface area contributed by atoms with Crippen LogP contribution in [0, 0.1) is 0 Å². The van der Waals surface area contributed by atoms with Gasteiger partial charge in [0.1, 0.15) is 0 Å². The first-order valence-electron chi connectivity index (χ1n) is 4.20. The lowest BCUT2D eigenvalue weighted by molar-refractivity contribution is 0.243. The first-order chi connectivity index (χ1) is 5.68. The molecule has 0 unspecified atom stereocenters. The molecule has 1 aliphatic carbocycles. The van der Waals surface area contributed by atoms with Crippen molar-refractivity contribution in [2.75, 3.05) is 0 Å². The maximum absolute atomic E-state index is 6.03. The van der Waals surface area contributed by atoms with Crippen LogP contribution in [0.3, 0.4) is 0 Å². The molecule has 1 fully saturated rings. The number of aryl methyl sites for hydroxylation is 1. The molecular formula is C7H13N5. The summed E-state index contributed by atoms with van der Waals surface area (Å²) in [5.41, 5.74) is 5.99. The van der Waals surface area contributed by atoms with Gasteiger partial charge in [0.25, 0.3) is 0 Å². The minimum Gasteiger partial charge on any atom is -0.325 e. The van der Waals surface area contributed by atoms with Gasteiger partial charge in [-0.1, -0.05) is 0 Å². The first kappa shape index (κ1) is 7.67. The Labute approximate surface area is 70.9 Å². The largest absolute Gasteiger partial charge is 0.325 e. The lowest BCUT2D eigenvalue weighted by atomic mass is 9.75. The van der Waals surface area contributed by atoms with E-state index in [1.54, 1.807) is 7.05 Å². The van der Waals surface area contributed by atoms with Crippen molar-refractivity contribution >= 4 is 0 Å². The molecule has 12 heavy (non-hydrogen) atoms. The maximum atomic E-state index is 6.03. The average Bonchev–Trinajstić information content (AvgIpc) is 2.32. The van der Waals surface area contributed by atoms with Gasteiger partial charge in [-0.15, -0.1) is 10.2 Å². The van der Waals surface area contributed by atoms with E-state index in [0.717, 1.165) is 25.1 Å². The molecule has 5 heteroatoms. The Morgan fingerprint density at radius 3 is 2.75 bits per heavy atom. The fourth-order valence-electron chi connectivity index (χ4n) is 1.52. The highest BCUT2D eigenvalue weighted by Gasteiger charge is 2.33. The van der Waals surface area contributed by atoms with Crippen LogP contribution in [0.1, 0.15) is 25.1 Å². The zero-order chi connectivity index (χ0) is 8.60. The Hall–Kier alpha value is -0.970. The Kier molecular flexibility index (Phi) is 1.61. The highest BCUT2D eigenvalue weighted by molar-refractivity contribution is 4.99. The zero-order valence-corrected chi connectivity index (χ0v) is 7.19. The Balaban J connectivity index is 2.03. The molecule has 0 aromatic carbocycles. The van der Waals surface area contributed by atoms with Gasteiger partial charge in [0, 0.05) is 12.0 Å². The van der Waals surface area contributed by atoms with Crippen LogP contribution in [0.25, 0.3) is 0 Å². The number of tetrazole rings is 1. The van der Waals surface area contributed by atoms with Gasteiger partial charge in [-0.25, -0.2) is 0 Å². The van der Waals surface area contributed by atoms with Crippen molar-refractivity contribution in [2.24, 2.45) is 12.8 Å². The van der Waals surface area contributed by atoms with Crippen molar-refractivity contribution in [3.8, 4) is 0 Å². The van der Waals surface area contributed by atoms with E-state index in [-0.39, 0.29) is 5.54 Å². The van der Waals surface area contributed by atoms with Crippen molar-refractivity contribution in [1.29, 1.82) is 0 Å². The van der Waals surface area contributed by atoms with Gasteiger partial charge in [0.05, 0.1) is 7.05 Å². The molecule has 1 saturated carbocycles. The standard InChI is InChI=1S/C7H13N5/c1-12-10-6(9-11-12)5-7(8)3-2-4-7/h2-5,8H2,1H3. The van der Waals surface area contributed by atoms with Crippen molar-refractivity contribution in [3.05, 3.63) is 5.82 Å². The molecule has 1 aromatic heterocycles. The van der Waals surface area contributed by atoms with Crippen molar-refractivity contribution < 1.29 is 0 Å². The molecule has 2 rings (SSSR count). The molecule has 1 heterocycles. The number of nitrogens with zero attached hydrogens (tertiary/aromatic N) is 4. The molecule has 0 amide bonds. The molecule has 2 N–H and O–H groups in total. The third-order valence-electron chi connectivity index (χ3n) is 2.41. The number of hydrogen-bond donors (Lipinski definition) is 1. The predicted molar refractivity (Wildman–Crippen MR) is 43.3 cm³/mol. The highest BCUT2D eigenvalue weighted by atomic mass is 15.6. The molecule has 0 saturated heterocycles.